The van der Waals surface area contributed by atoms with Crippen molar-refractivity contribution in [2.75, 3.05) is 13.1 Å². The van der Waals surface area contributed by atoms with Crippen molar-refractivity contribution in [1.29, 1.82) is 0 Å². The first kappa shape index (κ1) is 29.3. The molecule has 4 amide bonds. The van der Waals surface area contributed by atoms with E-state index in [1.807, 2.05) is 0 Å². The zero-order valence-electron chi connectivity index (χ0n) is 19.4. The van der Waals surface area contributed by atoms with E-state index in [0.717, 1.165) is 0 Å². The number of aliphatic carboxylic acids is 1. The Morgan fingerprint density at radius 3 is 2.14 bits per heavy atom. The molecule has 1 aromatic carbocycles. The van der Waals surface area contributed by atoms with E-state index in [0.29, 0.717) is 31.4 Å². The summed E-state index contributed by atoms with van der Waals surface area (Å²) in [6.45, 7) is 0.00279. The van der Waals surface area contributed by atoms with E-state index in [2.05, 4.69) is 16.0 Å². The average molecular weight is 495 g/mol. The summed E-state index contributed by atoms with van der Waals surface area (Å²) in [5.41, 5.74) is 16.8. The number of unbranched alkanes of at least 4 members (excludes halogenated alkanes) is 1. The molecule has 1 rings (SSSR count). The van der Waals surface area contributed by atoms with Crippen LogP contribution in [0.4, 0.5) is 0 Å². The van der Waals surface area contributed by atoms with Gasteiger partial charge >= 0.3 is 5.97 Å². The van der Waals surface area contributed by atoms with Gasteiger partial charge in [-0.05, 0) is 43.5 Å². The number of amides is 4. The summed E-state index contributed by atoms with van der Waals surface area (Å²) in [5, 5.41) is 25.9. The van der Waals surface area contributed by atoms with Crippen molar-refractivity contribution in [3.8, 4) is 5.75 Å². The molecular weight excluding hydrogens is 460 g/mol. The first-order chi connectivity index (χ1) is 16.5. The summed E-state index contributed by atoms with van der Waals surface area (Å²) in [6.07, 6.45) is 1.25. The van der Waals surface area contributed by atoms with Gasteiger partial charge in [0, 0.05) is 12.8 Å². The second-order valence-corrected chi connectivity index (χ2v) is 8.00. The number of carbonyl (C=O) groups is 5. The van der Waals surface area contributed by atoms with Gasteiger partial charge in [0.25, 0.3) is 0 Å². The Bertz CT molecular complexity index is 878. The second kappa shape index (κ2) is 15.2. The lowest BCUT2D eigenvalue weighted by atomic mass is 10.0. The normalized spacial score (nSPS) is 13.2. The quantitative estimate of drug-likeness (QED) is 0.116. The number of rotatable bonds is 16. The molecule has 0 fully saturated rings. The monoisotopic (exact) mass is 494 g/mol. The molecule has 0 aliphatic heterocycles. The van der Waals surface area contributed by atoms with Crippen LogP contribution in [-0.2, 0) is 30.4 Å². The molecule has 0 aromatic heterocycles. The lowest BCUT2D eigenvalue weighted by Crippen LogP contribution is -2.54. The van der Waals surface area contributed by atoms with E-state index in [1.165, 1.54) is 24.3 Å². The first-order valence-electron chi connectivity index (χ1n) is 11.2. The van der Waals surface area contributed by atoms with Crippen molar-refractivity contribution in [3.05, 3.63) is 29.8 Å². The smallest absolute Gasteiger partial charge is 0.326 e. The largest absolute Gasteiger partial charge is 0.508 e. The van der Waals surface area contributed by atoms with Crippen molar-refractivity contribution in [2.45, 2.75) is 56.7 Å². The Morgan fingerprint density at radius 1 is 0.914 bits per heavy atom. The second-order valence-electron chi connectivity index (χ2n) is 8.00. The Balaban J connectivity index is 2.74. The predicted octanol–water partition coefficient (Wildman–Crippen LogP) is -2.17. The van der Waals surface area contributed by atoms with Crippen LogP contribution in [0.2, 0.25) is 0 Å². The highest BCUT2D eigenvalue weighted by Gasteiger charge is 2.27. The number of carbonyl (C=O) groups excluding carboxylic acids is 4. The number of hydrogen-bond acceptors (Lipinski definition) is 8. The third kappa shape index (κ3) is 11.8. The molecule has 0 heterocycles. The lowest BCUT2D eigenvalue weighted by molar-refractivity contribution is -0.142. The molecule has 3 atom stereocenters. The van der Waals surface area contributed by atoms with Crippen LogP contribution in [0.5, 0.6) is 5.75 Å². The molecule has 11 N–H and O–H groups in total. The number of aromatic hydroxyl groups is 1. The highest BCUT2D eigenvalue weighted by molar-refractivity contribution is 5.92. The number of phenols is 1. The highest BCUT2D eigenvalue weighted by Crippen LogP contribution is 2.12. The van der Waals surface area contributed by atoms with E-state index in [1.54, 1.807) is 0 Å². The third-order valence-corrected chi connectivity index (χ3v) is 5.05. The van der Waals surface area contributed by atoms with Crippen molar-refractivity contribution in [2.24, 2.45) is 17.2 Å². The van der Waals surface area contributed by atoms with Crippen LogP contribution in [-0.4, -0.2) is 71.0 Å². The molecule has 1 aromatic rings. The predicted molar refractivity (Wildman–Crippen MR) is 126 cm³/mol. The number of nitrogens with two attached hydrogens (primary N) is 3. The third-order valence-electron chi connectivity index (χ3n) is 5.05. The number of hydrogen-bond donors (Lipinski definition) is 8. The maximum atomic E-state index is 12.7. The fourth-order valence-corrected chi connectivity index (χ4v) is 3.08. The van der Waals surface area contributed by atoms with Gasteiger partial charge in [0.2, 0.25) is 23.6 Å². The molecule has 0 aliphatic rings. The molecule has 0 aliphatic carbocycles. The molecule has 35 heavy (non-hydrogen) atoms. The van der Waals surface area contributed by atoms with Crippen LogP contribution in [0, 0.1) is 0 Å². The van der Waals surface area contributed by atoms with Gasteiger partial charge in [-0.2, -0.15) is 0 Å². The van der Waals surface area contributed by atoms with Gasteiger partial charge < -0.3 is 43.4 Å². The minimum atomic E-state index is -1.34. The Kier molecular flexibility index (Phi) is 12.8. The summed E-state index contributed by atoms with van der Waals surface area (Å²) in [7, 11) is 0. The Morgan fingerprint density at radius 2 is 1.57 bits per heavy atom. The van der Waals surface area contributed by atoms with Crippen molar-refractivity contribution >= 4 is 29.6 Å². The standard InChI is InChI=1S/C22H34N6O7/c23-10-2-1-3-15(24)20(32)26-12-19(31)27-16(8-9-18(25)30)21(33)28-17(22(34)35)11-13-4-6-14(29)7-5-13/h4-7,15-17,29H,1-3,8-12,23-24H2,(H2,25,30)(H,26,32)(H,27,31)(H,28,33)(H,34,35). The summed E-state index contributed by atoms with van der Waals surface area (Å²) in [5.74, 6) is -4.15. The van der Waals surface area contributed by atoms with Gasteiger partial charge in [-0.1, -0.05) is 18.6 Å². The van der Waals surface area contributed by atoms with Gasteiger partial charge in [0.1, 0.15) is 17.8 Å². The molecule has 13 heteroatoms. The van der Waals surface area contributed by atoms with Crippen molar-refractivity contribution in [1.82, 2.24) is 16.0 Å². The minimum Gasteiger partial charge on any atom is -0.508 e. The van der Waals surface area contributed by atoms with E-state index < -0.39 is 54.3 Å². The SMILES string of the molecule is NCCCCC(N)C(=O)NCC(=O)NC(CCC(N)=O)C(=O)NC(Cc1ccc(O)cc1)C(=O)O. The van der Waals surface area contributed by atoms with E-state index in [-0.39, 0.29) is 25.0 Å². The zero-order chi connectivity index (χ0) is 26.4. The van der Waals surface area contributed by atoms with Gasteiger partial charge in [0.15, 0.2) is 0 Å². The van der Waals surface area contributed by atoms with Gasteiger partial charge in [-0.3, -0.25) is 19.2 Å². The zero-order valence-corrected chi connectivity index (χ0v) is 19.4. The maximum Gasteiger partial charge on any atom is 0.326 e. The molecule has 0 bridgehead atoms. The van der Waals surface area contributed by atoms with E-state index in [9.17, 15) is 34.2 Å². The van der Waals surface area contributed by atoms with Crippen LogP contribution >= 0.6 is 0 Å². The van der Waals surface area contributed by atoms with Crippen LogP contribution in [0.3, 0.4) is 0 Å². The maximum absolute atomic E-state index is 12.7. The Hall–Kier alpha value is -3.71. The molecular formula is C22H34N6O7. The fourth-order valence-electron chi connectivity index (χ4n) is 3.08. The minimum absolute atomic E-state index is 0.00231. The number of primary amides is 1. The summed E-state index contributed by atoms with van der Waals surface area (Å²) in [4.78, 5) is 59.9. The summed E-state index contributed by atoms with van der Waals surface area (Å²) >= 11 is 0. The van der Waals surface area contributed by atoms with Crippen LogP contribution in [0.15, 0.2) is 24.3 Å². The van der Waals surface area contributed by atoms with Crippen molar-refractivity contribution in [3.63, 3.8) is 0 Å². The van der Waals surface area contributed by atoms with Crippen LogP contribution < -0.4 is 33.2 Å². The van der Waals surface area contributed by atoms with Gasteiger partial charge in [-0.25, -0.2) is 4.79 Å². The molecule has 3 unspecified atom stereocenters. The number of phenolic OH excluding ortho intramolecular Hbond substituents is 1. The number of nitrogens with one attached hydrogen (secondary N) is 3. The van der Waals surface area contributed by atoms with Crippen LogP contribution in [0.1, 0.15) is 37.7 Å². The average Bonchev–Trinajstić information content (AvgIpc) is 2.80. The topological polar surface area (TPSA) is 240 Å². The summed E-state index contributed by atoms with van der Waals surface area (Å²) in [6, 6.07) is 2.34. The van der Waals surface area contributed by atoms with Crippen molar-refractivity contribution < 1.29 is 34.2 Å². The lowest BCUT2D eigenvalue weighted by Gasteiger charge is -2.21. The number of benzene rings is 1. The summed E-state index contributed by atoms with van der Waals surface area (Å²) < 4.78 is 0. The Labute approximate surface area is 202 Å². The first-order valence-corrected chi connectivity index (χ1v) is 11.2. The molecule has 13 nitrogen and oxygen atoms in total. The molecule has 194 valence electrons. The number of carboxylic acids is 1. The van der Waals surface area contributed by atoms with Crippen LogP contribution in [0.25, 0.3) is 0 Å². The van der Waals surface area contributed by atoms with Gasteiger partial charge in [0.05, 0.1) is 12.6 Å². The van der Waals surface area contributed by atoms with E-state index in [4.69, 9.17) is 17.2 Å². The van der Waals surface area contributed by atoms with E-state index >= 15 is 0 Å². The molecule has 0 saturated heterocycles. The molecule has 0 saturated carbocycles. The highest BCUT2D eigenvalue weighted by atomic mass is 16.4. The molecule has 0 radical (unpaired) electrons. The van der Waals surface area contributed by atoms with Gasteiger partial charge in [-0.15, -0.1) is 0 Å². The number of carboxylic acid groups (broad SMARTS) is 1. The fraction of sp³-hybridized carbons (Fsp3) is 0.500. The molecule has 0 spiro atoms.